The van der Waals surface area contributed by atoms with Gasteiger partial charge in [0.2, 0.25) is 5.91 Å². The third-order valence-electron chi connectivity index (χ3n) is 5.49. The molecule has 0 fully saturated rings. The first kappa shape index (κ1) is 27.4. The summed E-state index contributed by atoms with van der Waals surface area (Å²) in [5, 5.41) is 12.0. The number of hydrogen-bond donors (Lipinski definition) is 3. The maximum absolute atomic E-state index is 13.1. The van der Waals surface area contributed by atoms with E-state index in [1.165, 1.54) is 23.1 Å². The van der Waals surface area contributed by atoms with Gasteiger partial charge in [0.25, 0.3) is 0 Å². The minimum Gasteiger partial charge on any atom is -0.497 e. The van der Waals surface area contributed by atoms with Gasteiger partial charge in [-0.1, -0.05) is 37.3 Å². The molecule has 4 aromatic rings. The van der Waals surface area contributed by atoms with Gasteiger partial charge < -0.3 is 25.4 Å². The predicted octanol–water partition coefficient (Wildman–Crippen LogP) is 7.15. The van der Waals surface area contributed by atoms with Crippen molar-refractivity contribution in [3.63, 3.8) is 0 Å². The first-order valence-electron chi connectivity index (χ1n) is 11.9. The minimum atomic E-state index is -0.284. The van der Waals surface area contributed by atoms with Crippen LogP contribution in [0.4, 0.5) is 16.5 Å². The van der Waals surface area contributed by atoms with Crippen LogP contribution in [0.5, 0.6) is 11.5 Å². The number of nitrogens with zero attached hydrogens (tertiary/aromatic N) is 1. The van der Waals surface area contributed by atoms with E-state index in [2.05, 4.69) is 20.9 Å². The number of anilines is 3. The van der Waals surface area contributed by atoms with Crippen LogP contribution in [0, 0.1) is 0 Å². The largest absolute Gasteiger partial charge is 0.497 e. The van der Waals surface area contributed by atoms with Crippen molar-refractivity contribution in [3.05, 3.63) is 78.2 Å². The number of amides is 1. The molecule has 0 saturated heterocycles. The lowest BCUT2D eigenvalue weighted by Crippen LogP contribution is -2.24. The molecule has 0 radical (unpaired) electrons. The highest BCUT2D eigenvalue weighted by atomic mass is 32.2. The molecule has 0 spiro atoms. The lowest BCUT2D eigenvalue weighted by Gasteiger charge is -2.16. The molecule has 0 bridgehead atoms. The number of nitrogens with one attached hydrogen (secondary N) is 3. The Kier molecular flexibility index (Phi) is 9.58. The molecule has 0 aliphatic heterocycles. The average Bonchev–Trinajstić information content (AvgIpc) is 3.40. The molecular formula is C28H28N4O3S3. The Bertz CT molecular complexity index is 1410. The average molecular weight is 565 g/mol. The van der Waals surface area contributed by atoms with Crippen LogP contribution in [-0.2, 0) is 4.79 Å². The van der Waals surface area contributed by atoms with Crippen molar-refractivity contribution in [2.45, 2.75) is 23.5 Å². The van der Waals surface area contributed by atoms with Gasteiger partial charge >= 0.3 is 0 Å². The molecule has 38 heavy (non-hydrogen) atoms. The van der Waals surface area contributed by atoms with Crippen LogP contribution >= 0.6 is 35.3 Å². The van der Waals surface area contributed by atoms with Crippen molar-refractivity contribution in [1.29, 1.82) is 0 Å². The van der Waals surface area contributed by atoms with Crippen molar-refractivity contribution in [2.75, 3.05) is 30.2 Å². The molecule has 1 atom stereocenters. The normalized spacial score (nSPS) is 11.3. The molecule has 4 rings (SSSR count). The van der Waals surface area contributed by atoms with Gasteiger partial charge in [0.1, 0.15) is 11.5 Å². The lowest BCUT2D eigenvalue weighted by molar-refractivity contribution is -0.115. The zero-order chi connectivity index (χ0) is 26.9. The summed E-state index contributed by atoms with van der Waals surface area (Å²) in [5.41, 5.74) is 3.32. The number of para-hydroxylation sites is 2. The summed E-state index contributed by atoms with van der Waals surface area (Å²) in [6.07, 6.45) is 0.663. The van der Waals surface area contributed by atoms with Crippen molar-refractivity contribution in [2.24, 2.45) is 0 Å². The number of methoxy groups -OCH3 is 2. The molecule has 1 aromatic heterocycles. The fraction of sp³-hybridized carbons (Fsp3) is 0.179. The Labute approximate surface area is 236 Å². The lowest BCUT2D eigenvalue weighted by atomic mass is 10.2. The molecule has 1 amide bonds. The Morgan fingerprint density at radius 2 is 1.82 bits per heavy atom. The van der Waals surface area contributed by atoms with Crippen LogP contribution in [0.25, 0.3) is 11.3 Å². The van der Waals surface area contributed by atoms with E-state index in [-0.39, 0.29) is 11.2 Å². The van der Waals surface area contributed by atoms with Gasteiger partial charge in [0.15, 0.2) is 10.2 Å². The van der Waals surface area contributed by atoms with E-state index in [0.717, 1.165) is 33.3 Å². The van der Waals surface area contributed by atoms with E-state index < -0.39 is 0 Å². The third kappa shape index (κ3) is 7.25. The van der Waals surface area contributed by atoms with Crippen molar-refractivity contribution in [3.8, 4) is 22.8 Å². The highest BCUT2D eigenvalue weighted by Crippen LogP contribution is 2.31. The molecule has 0 saturated carbocycles. The molecule has 0 aliphatic rings. The summed E-state index contributed by atoms with van der Waals surface area (Å²) in [4.78, 5) is 18.6. The van der Waals surface area contributed by atoms with Crippen LogP contribution in [0.15, 0.2) is 83.1 Å². The quantitative estimate of drug-likeness (QED) is 0.138. The summed E-state index contributed by atoms with van der Waals surface area (Å²) in [7, 11) is 3.25. The number of benzene rings is 3. The van der Waals surface area contributed by atoms with Crippen molar-refractivity contribution < 1.29 is 14.3 Å². The fourth-order valence-electron chi connectivity index (χ4n) is 3.60. The van der Waals surface area contributed by atoms with Gasteiger partial charge in [-0.05, 0) is 61.1 Å². The third-order valence-corrected chi connectivity index (χ3v) is 7.81. The number of thiazole rings is 1. The Morgan fingerprint density at radius 3 is 2.61 bits per heavy atom. The summed E-state index contributed by atoms with van der Waals surface area (Å²) in [5.74, 6) is 1.38. The second-order valence-corrected chi connectivity index (χ2v) is 10.6. The van der Waals surface area contributed by atoms with E-state index in [1.54, 1.807) is 14.2 Å². The SMILES string of the molecule is CCC(Sc1cccc(NC(=S)Nc2ccccc2OC)c1)C(=O)Nc1nc(-c2cccc(OC)c2)cs1. The number of rotatable bonds is 10. The number of carbonyl (C=O) groups is 1. The van der Waals surface area contributed by atoms with E-state index >= 15 is 0 Å². The number of hydrogen-bond acceptors (Lipinski definition) is 7. The Morgan fingerprint density at radius 1 is 1.00 bits per heavy atom. The topological polar surface area (TPSA) is 84.5 Å². The second kappa shape index (κ2) is 13.3. The molecule has 0 aliphatic carbocycles. The van der Waals surface area contributed by atoms with Gasteiger partial charge in [-0.2, -0.15) is 0 Å². The van der Waals surface area contributed by atoms with Crippen molar-refractivity contribution >= 4 is 62.8 Å². The fourth-order valence-corrected chi connectivity index (χ4v) is 5.56. The monoisotopic (exact) mass is 564 g/mol. The van der Waals surface area contributed by atoms with Crippen LogP contribution in [0.3, 0.4) is 0 Å². The highest BCUT2D eigenvalue weighted by Gasteiger charge is 2.20. The highest BCUT2D eigenvalue weighted by molar-refractivity contribution is 8.00. The van der Waals surface area contributed by atoms with Gasteiger partial charge in [-0.3, -0.25) is 4.79 Å². The molecule has 1 unspecified atom stereocenters. The summed E-state index contributed by atoms with van der Waals surface area (Å²) in [6, 6.07) is 23.1. The molecule has 7 nitrogen and oxygen atoms in total. The molecular weight excluding hydrogens is 537 g/mol. The Balaban J connectivity index is 1.37. The molecule has 1 heterocycles. The molecule has 196 valence electrons. The van der Waals surface area contributed by atoms with Crippen LogP contribution in [0.1, 0.15) is 13.3 Å². The standard InChI is InChI=1S/C28H28N4O3S3/c1-4-25(26(33)32-28-31-23(17-37-28)18-9-7-11-20(15-18)34-2)38-21-12-8-10-19(16-21)29-27(36)30-22-13-5-6-14-24(22)35-3/h5-17,25H,4H2,1-3H3,(H2,29,30,36)(H,31,32,33). The van der Waals surface area contributed by atoms with Gasteiger partial charge in [-0.15, -0.1) is 23.1 Å². The zero-order valence-electron chi connectivity index (χ0n) is 21.2. The second-order valence-electron chi connectivity index (χ2n) is 8.08. The molecule has 3 aromatic carbocycles. The van der Waals surface area contributed by atoms with Crippen molar-refractivity contribution in [1.82, 2.24) is 4.98 Å². The first-order chi connectivity index (χ1) is 18.5. The van der Waals surface area contributed by atoms with E-state index in [4.69, 9.17) is 21.7 Å². The predicted molar refractivity (Wildman–Crippen MR) is 162 cm³/mol. The number of aromatic nitrogens is 1. The van der Waals surface area contributed by atoms with Crippen LogP contribution in [0.2, 0.25) is 0 Å². The molecule has 3 N–H and O–H groups in total. The minimum absolute atomic E-state index is 0.0873. The number of carbonyl (C=O) groups excluding carboxylic acids is 1. The summed E-state index contributed by atoms with van der Waals surface area (Å²) < 4.78 is 10.7. The Hall–Kier alpha value is -3.60. The van der Waals surface area contributed by atoms with Gasteiger partial charge in [0, 0.05) is 21.5 Å². The van der Waals surface area contributed by atoms with E-state index in [1.807, 2.05) is 85.1 Å². The first-order valence-corrected chi connectivity index (χ1v) is 14.0. The van der Waals surface area contributed by atoms with Gasteiger partial charge in [-0.25, -0.2) is 4.98 Å². The zero-order valence-corrected chi connectivity index (χ0v) is 23.6. The number of thioether (sulfide) groups is 1. The van der Waals surface area contributed by atoms with E-state index in [9.17, 15) is 4.79 Å². The smallest absolute Gasteiger partial charge is 0.239 e. The van der Waals surface area contributed by atoms with Crippen LogP contribution in [-0.4, -0.2) is 35.5 Å². The maximum Gasteiger partial charge on any atom is 0.239 e. The maximum atomic E-state index is 13.1. The van der Waals surface area contributed by atoms with E-state index in [0.29, 0.717) is 22.4 Å². The molecule has 10 heteroatoms. The number of thiocarbonyl (C=S) groups is 1. The van der Waals surface area contributed by atoms with Gasteiger partial charge in [0.05, 0.1) is 30.9 Å². The summed E-state index contributed by atoms with van der Waals surface area (Å²) >= 11 is 8.38. The number of ether oxygens (including phenoxy) is 2. The van der Waals surface area contributed by atoms with Crippen LogP contribution < -0.4 is 25.4 Å². The summed E-state index contributed by atoms with van der Waals surface area (Å²) in [6.45, 7) is 2.00.